The molecule has 0 saturated carbocycles. The smallest absolute Gasteiger partial charge is 0.243 e. The average molecular weight is 324 g/mol. The van der Waals surface area contributed by atoms with Gasteiger partial charge in [0, 0.05) is 33.6 Å². The van der Waals surface area contributed by atoms with E-state index < -0.39 is 10.0 Å². The lowest BCUT2D eigenvalue weighted by Gasteiger charge is -2.25. The lowest BCUT2D eigenvalue weighted by atomic mass is 10.1. The molecular weight excluding hydrogens is 300 g/mol. The van der Waals surface area contributed by atoms with Crippen LogP contribution in [0.25, 0.3) is 0 Å². The third-order valence-electron chi connectivity index (χ3n) is 4.00. The van der Waals surface area contributed by atoms with Crippen LogP contribution in [0.1, 0.15) is 31.2 Å². The van der Waals surface area contributed by atoms with Crippen LogP contribution < -0.4 is 0 Å². The van der Waals surface area contributed by atoms with Gasteiger partial charge < -0.3 is 4.90 Å². The van der Waals surface area contributed by atoms with E-state index in [1.54, 1.807) is 47.6 Å². The van der Waals surface area contributed by atoms with E-state index in [1.165, 1.54) is 0 Å². The molecular formula is C16H24N2O3S. The van der Waals surface area contributed by atoms with Crippen molar-refractivity contribution < 1.29 is 13.2 Å². The number of amides is 1. The Morgan fingerprint density at radius 3 is 2.23 bits per heavy atom. The summed E-state index contributed by atoms with van der Waals surface area (Å²) in [6.07, 6.45) is 4.03. The maximum atomic E-state index is 12.5. The second kappa shape index (κ2) is 7.24. The van der Waals surface area contributed by atoms with Crippen molar-refractivity contribution in [2.24, 2.45) is 0 Å². The summed E-state index contributed by atoms with van der Waals surface area (Å²) in [6.45, 7) is 1.23. The van der Waals surface area contributed by atoms with Gasteiger partial charge in [0.2, 0.25) is 15.9 Å². The van der Waals surface area contributed by atoms with E-state index in [-0.39, 0.29) is 5.91 Å². The van der Waals surface area contributed by atoms with E-state index in [1.807, 2.05) is 0 Å². The van der Waals surface area contributed by atoms with Gasteiger partial charge in [-0.15, -0.1) is 0 Å². The number of aryl methyl sites for hydroxylation is 1. The van der Waals surface area contributed by atoms with Crippen molar-refractivity contribution >= 4 is 15.9 Å². The van der Waals surface area contributed by atoms with E-state index in [0.717, 1.165) is 24.8 Å². The lowest BCUT2D eigenvalue weighted by molar-refractivity contribution is -0.128. The van der Waals surface area contributed by atoms with Gasteiger partial charge in [-0.25, -0.2) is 8.42 Å². The molecule has 0 atom stereocenters. The van der Waals surface area contributed by atoms with Crippen LogP contribution >= 0.6 is 0 Å². The molecule has 0 unspecified atom stereocenters. The first kappa shape index (κ1) is 17.0. The Bertz CT molecular complexity index is 603. The fourth-order valence-corrected chi connectivity index (χ4v) is 4.07. The largest absolute Gasteiger partial charge is 0.349 e. The number of sulfonamides is 1. The van der Waals surface area contributed by atoms with Gasteiger partial charge in [-0.05, 0) is 37.0 Å². The van der Waals surface area contributed by atoms with Crippen LogP contribution in [0.5, 0.6) is 0 Å². The van der Waals surface area contributed by atoms with Gasteiger partial charge in [0.05, 0.1) is 4.90 Å². The number of benzene rings is 1. The molecule has 0 bridgehead atoms. The summed E-state index contributed by atoms with van der Waals surface area (Å²) in [4.78, 5) is 13.5. The molecule has 1 amide bonds. The van der Waals surface area contributed by atoms with Crippen molar-refractivity contribution in [1.29, 1.82) is 0 Å². The van der Waals surface area contributed by atoms with Crippen LogP contribution in [0, 0.1) is 0 Å². The summed E-state index contributed by atoms with van der Waals surface area (Å²) >= 11 is 0. The molecule has 1 aliphatic rings. The Labute approximate surface area is 133 Å². The van der Waals surface area contributed by atoms with Crippen molar-refractivity contribution in [3.8, 4) is 0 Å². The molecule has 1 fully saturated rings. The van der Waals surface area contributed by atoms with Crippen molar-refractivity contribution in [1.82, 2.24) is 9.21 Å². The second-order valence-corrected chi connectivity index (χ2v) is 7.83. The van der Waals surface area contributed by atoms with Gasteiger partial charge in [0.15, 0.2) is 0 Å². The molecule has 6 heteroatoms. The van der Waals surface area contributed by atoms with E-state index in [9.17, 15) is 13.2 Å². The molecule has 122 valence electrons. The first-order valence-electron chi connectivity index (χ1n) is 7.70. The number of piperidine rings is 1. The van der Waals surface area contributed by atoms with Crippen molar-refractivity contribution in [3.63, 3.8) is 0 Å². The maximum absolute atomic E-state index is 12.5. The van der Waals surface area contributed by atoms with Crippen LogP contribution in [0.4, 0.5) is 0 Å². The van der Waals surface area contributed by atoms with E-state index >= 15 is 0 Å². The molecule has 0 aromatic heterocycles. The SMILES string of the molecule is CN(C)C(=O)CCc1ccc(S(=O)(=O)N2CCCCC2)cc1. The highest BCUT2D eigenvalue weighted by molar-refractivity contribution is 7.89. The van der Waals surface area contributed by atoms with E-state index in [2.05, 4.69) is 0 Å². The van der Waals surface area contributed by atoms with Gasteiger partial charge in [-0.1, -0.05) is 18.6 Å². The predicted molar refractivity (Wildman–Crippen MR) is 86.1 cm³/mol. The van der Waals surface area contributed by atoms with Crippen molar-refractivity contribution in [2.45, 2.75) is 37.0 Å². The number of carbonyl (C=O) groups is 1. The molecule has 1 aliphatic heterocycles. The minimum atomic E-state index is -3.37. The minimum absolute atomic E-state index is 0.0741. The molecule has 1 aromatic carbocycles. The summed E-state index contributed by atoms with van der Waals surface area (Å²) in [5.41, 5.74) is 0.979. The quantitative estimate of drug-likeness (QED) is 0.831. The molecule has 1 aromatic rings. The fourth-order valence-electron chi connectivity index (χ4n) is 2.56. The van der Waals surface area contributed by atoms with Gasteiger partial charge in [-0.3, -0.25) is 4.79 Å². The van der Waals surface area contributed by atoms with Crippen LogP contribution in [0.3, 0.4) is 0 Å². The minimum Gasteiger partial charge on any atom is -0.349 e. The van der Waals surface area contributed by atoms with Crippen molar-refractivity contribution in [3.05, 3.63) is 29.8 Å². The number of carbonyl (C=O) groups excluding carboxylic acids is 1. The zero-order valence-electron chi connectivity index (χ0n) is 13.3. The third-order valence-corrected chi connectivity index (χ3v) is 5.92. The first-order chi connectivity index (χ1) is 10.4. The Hall–Kier alpha value is -1.40. The Morgan fingerprint density at radius 1 is 1.09 bits per heavy atom. The Kier molecular flexibility index (Phi) is 5.58. The Balaban J connectivity index is 2.03. The van der Waals surface area contributed by atoms with Gasteiger partial charge in [-0.2, -0.15) is 4.31 Å². The number of rotatable bonds is 5. The number of hydrogen-bond donors (Lipinski definition) is 0. The third kappa shape index (κ3) is 4.08. The Morgan fingerprint density at radius 2 is 1.68 bits per heavy atom. The molecule has 0 N–H and O–H groups in total. The van der Waals surface area contributed by atoms with Crippen LogP contribution in [0.15, 0.2) is 29.2 Å². The van der Waals surface area contributed by atoms with Crippen LogP contribution in [-0.4, -0.2) is 50.7 Å². The summed E-state index contributed by atoms with van der Waals surface area (Å²) in [5.74, 6) is 0.0741. The summed E-state index contributed by atoms with van der Waals surface area (Å²) in [7, 11) is 0.100. The highest BCUT2D eigenvalue weighted by Crippen LogP contribution is 2.21. The molecule has 5 nitrogen and oxygen atoms in total. The number of hydrogen-bond acceptors (Lipinski definition) is 3. The monoisotopic (exact) mass is 324 g/mol. The highest BCUT2D eigenvalue weighted by Gasteiger charge is 2.25. The zero-order valence-corrected chi connectivity index (χ0v) is 14.1. The van der Waals surface area contributed by atoms with Crippen LogP contribution in [0.2, 0.25) is 0 Å². The fraction of sp³-hybridized carbons (Fsp3) is 0.562. The lowest BCUT2D eigenvalue weighted by Crippen LogP contribution is -2.35. The zero-order chi connectivity index (χ0) is 16.2. The highest BCUT2D eigenvalue weighted by atomic mass is 32.2. The maximum Gasteiger partial charge on any atom is 0.243 e. The predicted octanol–water partition coefficient (Wildman–Crippen LogP) is 1.88. The normalized spacial score (nSPS) is 16.5. The van der Waals surface area contributed by atoms with Gasteiger partial charge >= 0.3 is 0 Å². The standard InChI is InChI=1S/C16H24N2O3S/c1-17(2)16(19)11-8-14-6-9-15(10-7-14)22(20,21)18-12-4-3-5-13-18/h6-7,9-10H,3-5,8,11-13H2,1-2H3. The average Bonchev–Trinajstić information content (AvgIpc) is 2.53. The summed E-state index contributed by atoms with van der Waals surface area (Å²) in [6, 6.07) is 6.92. The van der Waals surface area contributed by atoms with Gasteiger partial charge in [0.1, 0.15) is 0 Å². The van der Waals surface area contributed by atoms with Gasteiger partial charge in [0.25, 0.3) is 0 Å². The summed E-state index contributed by atoms with van der Waals surface area (Å²) in [5, 5.41) is 0. The molecule has 0 aliphatic carbocycles. The topological polar surface area (TPSA) is 57.7 Å². The van der Waals surface area contributed by atoms with Crippen LogP contribution in [-0.2, 0) is 21.2 Å². The molecule has 0 spiro atoms. The molecule has 22 heavy (non-hydrogen) atoms. The molecule has 1 saturated heterocycles. The molecule has 0 radical (unpaired) electrons. The summed E-state index contributed by atoms with van der Waals surface area (Å²) < 4.78 is 26.6. The van der Waals surface area contributed by atoms with E-state index in [0.29, 0.717) is 30.8 Å². The first-order valence-corrected chi connectivity index (χ1v) is 9.14. The van der Waals surface area contributed by atoms with E-state index in [4.69, 9.17) is 0 Å². The van der Waals surface area contributed by atoms with Crippen molar-refractivity contribution in [2.75, 3.05) is 27.2 Å². The second-order valence-electron chi connectivity index (χ2n) is 5.90. The molecule has 2 rings (SSSR count). The number of nitrogens with zero attached hydrogens (tertiary/aromatic N) is 2. The molecule has 1 heterocycles.